The fraction of sp³-hybridized carbons (Fsp3) is 0.0889. The first-order chi connectivity index (χ1) is 24.2. The van der Waals surface area contributed by atoms with E-state index in [0.29, 0.717) is 0 Å². The van der Waals surface area contributed by atoms with E-state index in [1.807, 2.05) is 6.07 Å². The molecule has 3 heterocycles. The molecule has 2 aromatic heterocycles. The van der Waals surface area contributed by atoms with Gasteiger partial charge in [0.2, 0.25) is 0 Å². The second kappa shape index (κ2) is 12.2. The lowest BCUT2D eigenvalue weighted by Gasteiger charge is -2.31. The Bertz CT molecular complexity index is 2380. The lowest BCUT2D eigenvalue weighted by Crippen LogP contribution is -2.27. The monoisotopic (exact) mass is 633 g/mol. The van der Waals surface area contributed by atoms with E-state index in [-0.39, 0.29) is 0 Å². The molecule has 4 heteroatoms. The zero-order valence-electron chi connectivity index (χ0n) is 27.4. The molecule has 6 aromatic carbocycles. The van der Waals surface area contributed by atoms with Gasteiger partial charge in [-0.2, -0.15) is 0 Å². The Morgan fingerprint density at radius 3 is 1.98 bits per heavy atom. The molecule has 0 atom stereocenters. The summed E-state index contributed by atoms with van der Waals surface area (Å²) < 4.78 is 6.54. The Hall–Kier alpha value is -5.97. The van der Waals surface area contributed by atoms with Crippen LogP contribution in [0.3, 0.4) is 0 Å². The Morgan fingerprint density at radius 2 is 1.27 bits per heavy atom. The van der Waals surface area contributed by atoms with E-state index >= 15 is 0 Å². The van der Waals surface area contributed by atoms with Crippen LogP contribution in [0.25, 0.3) is 55.6 Å². The average molecular weight is 634 g/mol. The normalized spacial score (nSPS) is 13.1. The fourth-order valence-electron chi connectivity index (χ4n) is 7.38. The number of likely N-dealkylation sites (N-methyl/N-ethyl adjacent to an activating group) is 1. The highest BCUT2D eigenvalue weighted by atomic mass is 16.3. The van der Waals surface area contributed by atoms with Gasteiger partial charge < -0.3 is 14.2 Å². The van der Waals surface area contributed by atoms with Crippen LogP contribution in [0.1, 0.15) is 11.1 Å². The lowest BCUT2D eigenvalue weighted by atomic mass is 9.88. The Labute approximate surface area is 286 Å². The third kappa shape index (κ3) is 5.27. The molecule has 8 aromatic rings. The van der Waals surface area contributed by atoms with E-state index in [2.05, 4.69) is 169 Å². The molecule has 0 amide bonds. The third-order valence-corrected chi connectivity index (χ3v) is 9.72. The molecular formula is C45H35N3O. The second-order valence-corrected chi connectivity index (χ2v) is 12.9. The van der Waals surface area contributed by atoms with Crippen molar-refractivity contribution in [2.75, 3.05) is 18.5 Å². The van der Waals surface area contributed by atoms with Gasteiger partial charge in [0.1, 0.15) is 11.2 Å². The van der Waals surface area contributed by atoms with Gasteiger partial charge >= 0.3 is 0 Å². The van der Waals surface area contributed by atoms with Crippen molar-refractivity contribution in [1.29, 1.82) is 0 Å². The number of anilines is 3. The van der Waals surface area contributed by atoms with Gasteiger partial charge in [-0.3, -0.25) is 0 Å². The van der Waals surface area contributed by atoms with E-state index in [4.69, 9.17) is 9.40 Å². The summed E-state index contributed by atoms with van der Waals surface area (Å²) in [5, 5.41) is 2.25. The van der Waals surface area contributed by atoms with Gasteiger partial charge in [-0.15, -0.1) is 0 Å². The number of pyridine rings is 1. The van der Waals surface area contributed by atoms with Crippen molar-refractivity contribution in [2.24, 2.45) is 0 Å². The molecule has 0 fully saturated rings. The molecule has 0 bridgehead atoms. The molecule has 4 nitrogen and oxygen atoms in total. The van der Waals surface area contributed by atoms with Crippen molar-refractivity contribution in [2.45, 2.75) is 13.0 Å². The molecule has 49 heavy (non-hydrogen) atoms. The van der Waals surface area contributed by atoms with Crippen molar-refractivity contribution in [1.82, 2.24) is 9.88 Å². The van der Waals surface area contributed by atoms with Crippen molar-refractivity contribution >= 4 is 39.0 Å². The molecule has 0 saturated heterocycles. The number of hydrogen-bond acceptors (Lipinski definition) is 4. The van der Waals surface area contributed by atoms with Crippen molar-refractivity contribution in [3.05, 3.63) is 169 Å². The first kappa shape index (κ1) is 29.2. The minimum atomic E-state index is 0.888. The van der Waals surface area contributed by atoms with Crippen molar-refractivity contribution < 1.29 is 4.42 Å². The number of nitrogens with zero attached hydrogens (tertiary/aromatic N) is 3. The smallest absolute Gasteiger partial charge is 0.136 e. The molecule has 0 saturated carbocycles. The van der Waals surface area contributed by atoms with Crippen LogP contribution in [0.5, 0.6) is 0 Å². The minimum absolute atomic E-state index is 0.888. The topological polar surface area (TPSA) is 32.5 Å². The Morgan fingerprint density at radius 1 is 0.612 bits per heavy atom. The molecule has 0 radical (unpaired) electrons. The number of furan rings is 1. The maximum absolute atomic E-state index is 6.54. The summed E-state index contributed by atoms with van der Waals surface area (Å²) in [7, 11) is 2.22. The Kier molecular flexibility index (Phi) is 7.29. The van der Waals surface area contributed by atoms with Gasteiger partial charge in [0, 0.05) is 46.2 Å². The van der Waals surface area contributed by atoms with E-state index in [9.17, 15) is 0 Å². The molecule has 1 aliphatic heterocycles. The molecule has 0 unspecified atom stereocenters. The van der Waals surface area contributed by atoms with Gasteiger partial charge in [-0.25, -0.2) is 4.98 Å². The van der Waals surface area contributed by atoms with E-state index in [1.165, 1.54) is 22.3 Å². The number of rotatable bonds is 6. The van der Waals surface area contributed by atoms with Gasteiger partial charge in [0.15, 0.2) is 0 Å². The largest absolute Gasteiger partial charge is 0.456 e. The van der Waals surface area contributed by atoms with Gasteiger partial charge in [0.05, 0.1) is 22.8 Å². The van der Waals surface area contributed by atoms with Crippen LogP contribution in [0.4, 0.5) is 17.1 Å². The summed E-state index contributed by atoms with van der Waals surface area (Å²) in [5.41, 5.74) is 14.2. The first-order valence-electron chi connectivity index (χ1n) is 16.9. The SMILES string of the molecule is CN1CCc2cccc(-c3c(N(c4ccccc4)c4cc(-c5ccccc5)nc(-c5ccccc5)c4)ccc4oc5ccccc5c34)c2C1. The second-order valence-electron chi connectivity index (χ2n) is 12.9. The van der Waals surface area contributed by atoms with E-state index < -0.39 is 0 Å². The molecule has 0 N–H and O–H groups in total. The van der Waals surface area contributed by atoms with Gasteiger partial charge in [0.25, 0.3) is 0 Å². The van der Waals surface area contributed by atoms with Crippen LogP contribution in [-0.2, 0) is 13.0 Å². The highest BCUT2D eigenvalue weighted by Crippen LogP contribution is 2.49. The van der Waals surface area contributed by atoms with Crippen LogP contribution < -0.4 is 4.90 Å². The minimum Gasteiger partial charge on any atom is -0.456 e. The zero-order valence-corrected chi connectivity index (χ0v) is 27.4. The van der Waals surface area contributed by atoms with Crippen molar-refractivity contribution in [3.8, 4) is 33.6 Å². The number of hydrogen-bond donors (Lipinski definition) is 0. The van der Waals surface area contributed by atoms with Crippen molar-refractivity contribution in [3.63, 3.8) is 0 Å². The van der Waals surface area contributed by atoms with Crippen LogP contribution >= 0.6 is 0 Å². The molecule has 9 rings (SSSR count). The number of fused-ring (bicyclic) bond motifs is 4. The number of para-hydroxylation sites is 2. The Balaban J connectivity index is 1.39. The number of benzene rings is 6. The molecule has 1 aliphatic rings. The summed E-state index contributed by atoms with van der Waals surface area (Å²) in [4.78, 5) is 10.1. The number of aromatic nitrogens is 1. The molecular weight excluding hydrogens is 599 g/mol. The average Bonchev–Trinajstić information content (AvgIpc) is 3.55. The molecule has 0 spiro atoms. The zero-order chi connectivity index (χ0) is 32.7. The first-order valence-corrected chi connectivity index (χ1v) is 16.9. The van der Waals surface area contributed by atoms with Crippen LogP contribution in [0.15, 0.2) is 162 Å². The third-order valence-electron chi connectivity index (χ3n) is 9.72. The quantitative estimate of drug-likeness (QED) is 0.182. The van der Waals surface area contributed by atoms with E-state index in [1.54, 1.807) is 0 Å². The fourth-order valence-corrected chi connectivity index (χ4v) is 7.38. The molecule has 236 valence electrons. The van der Waals surface area contributed by atoms with Crippen LogP contribution in [0, 0.1) is 0 Å². The van der Waals surface area contributed by atoms with E-state index in [0.717, 1.165) is 81.0 Å². The standard InChI is InChI=1S/C45H35N3O/c1-47-27-26-31-18-13-22-36(38(31)30-47)44-41(24-25-43-45(44)37-21-11-12-23-42(37)49-43)48(34-19-9-4-10-20-34)35-28-39(32-14-5-2-6-15-32)46-40(29-35)33-16-7-3-8-17-33/h2-25,28-29H,26-27,30H2,1H3. The molecule has 0 aliphatic carbocycles. The van der Waals surface area contributed by atoms with Crippen LogP contribution in [-0.4, -0.2) is 23.5 Å². The van der Waals surface area contributed by atoms with Crippen LogP contribution in [0.2, 0.25) is 0 Å². The summed E-state index contributed by atoms with van der Waals surface area (Å²) >= 11 is 0. The summed E-state index contributed by atoms with van der Waals surface area (Å²) in [5.74, 6) is 0. The predicted octanol–water partition coefficient (Wildman–Crippen LogP) is 11.4. The van der Waals surface area contributed by atoms with Gasteiger partial charge in [-0.05, 0) is 72.6 Å². The van der Waals surface area contributed by atoms with Gasteiger partial charge in [-0.1, -0.05) is 115 Å². The maximum Gasteiger partial charge on any atom is 0.136 e. The predicted molar refractivity (Wildman–Crippen MR) is 203 cm³/mol. The summed E-state index contributed by atoms with van der Waals surface area (Å²) in [6.45, 7) is 1.95. The highest BCUT2D eigenvalue weighted by molar-refractivity contribution is 6.16. The maximum atomic E-state index is 6.54. The lowest BCUT2D eigenvalue weighted by molar-refractivity contribution is 0.313. The summed E-state index contributed by atoms with van der Waals surface area (Å²) in [6, 6.07) is 55.7. The highest BCUT2D eigenvalue weighted by Gasteiger charge is 2.27. The summed E-state index contributed by atoms with van der Waals surface area (Å²) in [6.07, 6.45) is 1.03.